The normalized spacial score (nSPS) is 9.04. The Kier molecular flexibility index (Phi) is 11.6. The first-order valence-electron chi connectivity index (χ1n) is 7.15. The molecule has 0 atom stereocenters. The van der Waals surface area contributed by atoms with Crippen LogP contribution in [0.3, 0.4) is 0 Å². The Bertz CT molecular complexity index is 537. The molecule has 0 heterocycles. The maximum Gasteiger partial charge on any atom is 0.352 e. The van der Waals surface area contributed by atoms with Gasteiger partial charge < -0.3 is 14.2 Å². The van der Waals surface area contributed by atoms with Crippen LogP contribution in [0.2, 0.25) is 0 Å². The molecule has 0 aliphatic rings. The molecule has 0 radical (unpaired) electrons. The third-order valence-corrected chi connectivity index (χ3v) is 2.39. The van der Waals surface area contributed by atoms with Crippen LogP contribution in [0, 0.1) is 17.4 Å². The summed E-state index contributed by atoms with van der Waals surface area (Å²) in [5.41, 5.74) is -0.209. The Morgan fingerprint density at radius 3 is 2.13 bits per heavy atom. The zero-order chi connectivity index (χ0) is 17.5. The van der Waals surface area contributed by atoms with Gasteiger partial charge in [0.15, 0.2) is 5.57 Å². The standard InChI is InChI=1S/C16H21N2O5/c1-4-5-6-18-12-14(3)16(20)23-10-8-21-7-9-22-15(19)13(2)11-17/h2-10H2,1H3/q+1. The van der Waals surface area contributed by atoms with Gasteiger partial charge in [-0.15, -0.1) is 0 Å². The zero-order valence-corrected chi connectivity index (χ0v) is 13.3. The topological polar surface area (TPSA) is 90.0 Å². The van der Waals surface area contributed by atoms with E-state index < -0.39 is 11.9 Å². The SMILES string of the molecule is C=C(C#N)C(=O)OCCOCCOC(=O)C(=C)C#[N+]CCCC. The summed E-state index contributed by atoms with van der Waals surface area (Å²) in [6.07, 6.45) is 1.94. The van der Waals surface area contributed by atoms with E-state index in [0.29, 0.717) is 6.54 Å². The largest absolute Gasteiger partial charge is 0.459 e. The van der Waals surface area contributed by atoms with Gasteiger partial charge in [-0.05, 0) is 6.42 Å². The van der Waals surface area contributed by atoms with Crippen LogP contribution in [0.1, 0.15) is 19.8 Å². The molecular formula is C16H21N2O5+. The minimum Gasteiger partial charge on any atom is -0.459 e. The molecule has 0 saturated heterocycles. The fraction of sp³-hybridized carbons (Fsp3) is 0.500. The molecular weight excluding hydrogens is 300 g/mol. The number of nitrogens with zero attached hydrogens (tertiary/aromatic N) is 2. The van der Waals surface area contributed by atoms with Gasteiger partial charge in [0.25, 0.3) is 6.54 Å². The smallest absolute Gasteiger partial charge is 0.352 e. The van der Waals surface area contributed by atoms with Crippen LogP contribution >= 0.6 is 0 Å². The van der Waals surface area contributed by atoms with Crippen LogP contribution in [0.5, 0.6) is 0 Å². The van der Waals surface area contributed by atoms with E-state index in [9.17, 15) is 9.59 Å². The minimum absolute atomic E-state index is 0.0158. The number of nitriles is 1. The molecule has 0 aliphatic carbocycles. The maximum atomic E-state index is 11.5. The number of unbranched alkanes of at least 4 members (excludes halogenated alkanes) is 1. The summed E-state index contributed by atoms with van der Waals surface area (Å²) < 4.78 is 14.7. The van der Waals surface area contributed by atoms with E-state index in [1.807, 2.05) is 6.92 Å². The van der Waals surface area contributed by atoms with Crippen molar-refractivity contribution in [1.29, 1.82) is 5.26 Å². The van der Waals surface area contributed by atoms with E-state index in [0.717, 1.165) is 12.8 Å². The summed E-state index contributed by atoms with van der Waals surface area (Å²) in [6, 6.07) is 4.11. The summed E-state index contributed by atoms with van der Waals surface area (Å²) >= 11 is 0. The van der Waals surface area contributed by atoms with Crippen LogP contribution in [0.4, 0.5) is 0 Å². The fourth-order valence-electron chi connectivity index (χ4n) is 1.14. The molecule has 0 saturated carbocycles. The van der Waals surface area contributed by atoms with Gasteiger partial charge >= 0.3 is 18.0 Å². The Labute approximate surface area is 135 Å². The van der Waals surface area contributed by atoms with E-state index in [1.165, 1.54) is 0 Å². The van der Waals surface area contributed by atoms with Crippen molar-refractivity contribution in [3.63, 3.8) is 0 Å². The molecule has 0 rings (SSSR count). The number of esters is 2. The second-order valence-corrected chi connectivity index (χ2v) is 4.30. The molecule has 0 fully saturated rings. The Balaban J connectivity index is 3.68. The van der Waals surface area contributed by atoms with Gasteiger partial charge in [-0.3, -0.25) is 0 Å². The summed E-state index contributed by atoms with van der Waals surface area (Å²) in [6.45, 7) is 9.65. The molecule has 0 bridgehead atoms. The second-order valence-electron chi connectivity index (χ2n) is 4.30. The van der Waals surface area contributed by atoms with Gasteiger partial charge in [0.05, 0.1) is 13.2 Å². The maximum absolute atomic E-state index is 11.5. The Morgan fingerprint density at radius 2 is 1.61 bits per heavy atom. The van der Waals surface area contributed by atoms with E-state index in [-0.39, 0.29) is 37.6 Å². The van der Waals surface area contributed by atoms with Crippen LogP contribution < -0.4 is 0 Å². The molecule has 0 aromatic carbocycles. The molecule has 0 unspecified atom stereocenters. The van der Waals surface area contributed by atoms with Crippen molar-refractivity contribution in [1.82, 2.24) is 0 Å². The Hall–Kier alpha value is -2.64. The molecule has 7 heteroatoms. The summed E-state index contributed by atoms with van der Waals surface area (Å²) in [7, 11) is 0. The van der Waals surface area contributed by atoms with E-state index in [1.54, 1.807) is 6.07 Å². The quantitative estimate of drug-likeness (QED) is 0.264. The molecule has 0 amide bonds. The van der Waals surface area contributed by atoms with Crippen LogP contribution in [0.25, 0.3) is 4.85 Å². The van der Waals surface area contributed by atoms with Crippen molar-refractivity contribution in [3.05, 3.63) is 29.1 Å². The van der Waals surface area contributed by atoms with Crippen LogP contribution in [-0.2, 0) is 23.8 Å². The van der Waals surface area contributed by atoms with Crippen molar-refractivity contribution in [3.8, 4) is 12.1 Å². The van der Waals surface area contributed by atoms with Gasteiger partial charge in [-0.2, -0.15) is 5.26 Å². The first-order chi connectivity index (χ1) is 11.0. The molecule has 0 aromatic rings. The molecule has 124 valence electrons. The fourth-order valence-corrected chi connectivity index (χ4v) is 1.14. The molecule has 7 nitrogen and oxygen atoms in total. The Morgan fingerprint density at radius 1 is 1.04 bits per heavy atom. The van der Waals surface area contributed by atoms with Crippen LogP contribution in [-0.4, -0.2) is 44.9 Å². The van der Waals surface area contributed by atoms with Crippen molar-refractivity contribution in [2.45, 2.75) is 19.8 Å². The number of rotatable bonds is 10. The average Bonchev–Trinajstić information content (AvgIpc) is 2.56. The first-order valence-corrected chi connectivity index (χ1v) is 7.15. The van der Waals surface area contributed by atoms with Crippen molar-refractivity contribution >= 4 is 11.9 Å². The number of carbonyl (C=O) groups excluding carboxylic acids is 2. The van der Waals surface area contributed by atoms with Crippen molar-refractivity contribution < 1.29 is 23.8 Å². The molecule has 0 aliphatic heterocycles. The highest BCUT2D eigenvalue weighted by atomic mass is 16.6. The van der Waals surface area contributed by atoms with Crippen molar-refractivity contribution in [2.75, 3.05) is 33.0 Å². The average molecular weight is 321 g/mol. The molecule has 23 heavy (non-hydrogen) atoms. The predicted molar refractivity (Wildman–Crippen MR) is 83.7 cm³/mol. The lowest BCUT2D eigenvalue weighted by atomic mass is 10.3. The van der Waals surface area contributed by atoms with Crippen molar-refractivity contribution in [2.24, 2.45) is 0 Å². The third-order valence-electron chi connectivity index (χ3n) is 2.39. The highest BCUT2D eigenvalue weighted by molar-refractivity contribution is 5.92. The van der Waals surface area contributed by atoms with E-state index >= 15 is 0 Å². The number of hydrogen-bond donors (Lipinski definition) is 0. The summed E-state index contributed by atoms with van der Waals surface area (Å²) in [4.78, 5) is 26.5. The predicted octanol–water partition coefficient (Wildman–Crippen LogP) is 1.86. The minimum atomic E-state index is -0.781. The summed E-state index contributed by atoms with van der Waals surface area (Å²) in [5, 5.41) is 8.41. The molecule has 0 spiro atoms. The van der Waals surface area contributed by atoms with Gasteiger partial charge in [0, 0.05) is 6.42 Å². The molecule has 0 N–H and O–H groups in total. The second kappa shape index (κ2) is 13.1. The summed E-state index contributed by atoms with van der Waals surface area (Å²) in [5.74, 6) is -1.39. The number of carbonyl (C=O) groups is 2. The van der Waals surface area contributed by atoms with E-state index in [2.05, 4.69) is 24.1 Å². The first kappa shape index (κ1) is 20.4. The van der Waals surface area contributed by atoms with Crippen LogP contribution in [0.15, 0.2) is 24.3 Å². The number of hydrogen-bond acceptors (Lipinski definition) is 6. The van der Waals surface area contributed by atoms with Gasteiger partial charge in [-0.1, -0.05) is 24.9 Å². The van der Waals surface area contributed by atoms with E-state index in [4.69, 9.17) is 19.5 Å². The van der Waals surface area contributed by atoms with Gasteiger partial charge in [-0.25, -0.2) is 9.59 Å². The monoisotopic (exact) mass is 321 g/mol. The lowest BCUT2D eigenvalue weighted by molar-refractivity contribution is -0.141. The highest BCUT2D eigenvalue weighted by Crippen LogP contribution is 1.95. The highest BCUT2D eigenvalue weighted by Gasteiger charge is 2.11. The third kappa shape index (κ3) is 10.7. The number of ether oxygens (including phenoxy) is 3. The lowest BCUT2D eigenvalue weighted by Crippen LogP contribution is -2.15. The zero-order valence-electron chi connectivity index (χ0n) is 13.3. The lowest BCUT2D eigenvalue weighted by Gasteiger charge is -2.05. The molecule has 0 aromatic heterocycles. The van der Waals surface area contributed by atoms with Gasteiger partial charge in [0.1, 0.15) is 24.9 Å². The van der Waals surface area contributed by atoms with Gasteiger partial charge in [0.2, 0.25) is 0 Å².